The number of carboxylic acid groups (broad SMARTS) is 2. The highest BCUT2D eigenvalue weighted by Crippen LogP contribution is 2.50. The van der Waals surface area contributed by atoms with Crippen LogP contribution >= 0.6 is 15.9 Å². The Morgan fingerprint density at radius 1 is 1.26 bits per heavy atom. The van der Waals surface area contributed by atoms with Gasteiger partial charge in [0, 0.05) is 5.92 Å². The van der Waals surface area contributed by atoms with Crippen molar-refractivity contribution in [2.45, 2.75) is 39.5 Å². The summed E-state index contributed by atoms with van der Waals surface area (Å²) in [5.74, 6) is -3.19. The van der Waals surface area contributed by atoms with Crippen molar-refractivity contribution in [1.82, 2.24) is 0 Å². The molecule has 1 aliphatic carbocycles. The van der Waals surface area contributed by atoms with Gasteiger partial charge in [0.25, 0.3) is 0 Å². The van der Waals surface area contributed by atoms with Crippen LogP contribution in [0.25, 0.3) is 0 Å². The molecule has 1 aromatic carbocycles. The largest absolute Gasteiger partial charge is 0.506 e. The Labute approximate surface area is 143 Å². The molecule has 3 N–H and O–H groups in total. The van der Waals surface area contributed by atoms with Crippen LogP contribution in [-0.4, -0.2) is 27.3 Å². The molecule has 1 fully saturated rings. The molecule has 0 radical (unpaired) electrons. The number of hydrogen-bond donors (Lipinski definition) is 3. The summed E-state index contributed by atoms with van der Waals surface area (Å²) in [6, 6.07) is 1.70. The zero-order valence-corrected chi connectivity index (χ0v) is 14.9. The van der Waals surface area contributed by atoms with Gasteiger partial charge in [0.1, 0.15) is 11.3 Å². The van der Waals surface area contributed by atoms with Crippen LogP contribution in [0.1, 0.15) is 54.1 Å². The minimum atomic E-state index is -1.24. The molecule has 5 nitrogen and oxygen atoms in total. The van der Waals surface area contributed by atoms with Crippen LogP contribution in [0.15, 0.2) is 10.5 Å². The van der Waals surface area contributed by atoms with Gasteiger partial charge in [-0.15, -0.1) is 0 Å². The van der Waals surface area contributed by atoms with Gasteiger partial charge in [-0.1, -0.05) is 19.9 Å². The van der Waals surface area contributed by atoms with Gasteiger partial charge in [0.15, 0.2) is 0 Å². The Balaban J connectivity index is 2.70. The van der Waals surface area contributed by atoms with E-state index >= 15 is 0 Å². The van der Waals surface area contributed by atoms with Crippen LogP contribution in [0.2, 0.25) is 0 Å². The van der Waals surface area contributed by atoms with Crippen LogP contribution in [0.5, 0.6) is 5.75 Å². The first-order valence-electron chi connectivity index (χ1n) is 7.64. The monoisotopic (exact) mass is 384 g/mol. The van der Waals surface area contributed by atoms with Gasteiger partial charge in [0.05, 0.1) is 10.4 Å². The van der Waals surface area contributed by atoms with Crippen molar-refractivity contribution in [2.24, 2.45) is 17.8 Å². The lowest BCUT2D eigenvalue weighted by atomic mass is 9.76. The fraction of sp³-hybridized carbons (Fsp3) is 0.529. The molecular formula is C17H21BrO5. The number of benzene rings is 1. The molecule has 0 saturated heterocycles. The first-order valence-corrected chi connectivity index (χ1v) is 8.44. The molecule has 1 aromatic rings. The molecule has 0 unspecified atom stereocenters. The second-order valence-corrected chi connectivity index (χ2v) is 7.37. The molecule has 1 saturated carbocycles. The lowest BCUT2D eigenvalue weighted by Crippen LogP contribution is -2.25. The lowest BCUT2D eigenvalue weighted by molar-refractivity contribution is -0.142. The van der Waals surface area contributed by atoms with Gasteiger partial charge in [-0.2, -0.15) is 0 Å². The molecule has 0 aliphatic heterocycles. The number of rotatable bonds is 4. The SMILES string of the molecule is Cc1cc([C@H]2[C@@H](C(C)C)CC[C@H]2C(=O)O)c(C(=O)O)c(O)c1Br. The van der Waals surface area contributed by atoms with Crippen molar-refractivity contribution in [1.29, 1.82) is 0 Å². The van der Waals surface area contributed by atoms with E-state index in [4.69, 9.17) is 0 Å². The number of aryl methyl sites for hydroxylation is 1. The zero-order valence-electron chi connectivity index (χ0n) is 13.3. The molecule has 2 rings (SSSR count). The van der Waals surface area contributed by atoms with Gasteiger partial charge in [0.2, 0.25) is 0 Å². The van der Waals surface area contributed by atoms with E-state index in [0.29, 0.717) is 22.0 Å². The van der Waals surface area contributed by atoms with E-state index < -0.39 is 23.8 Å². The van der Waals surface area contributed by atoms with E-state index in [-0.39, 0.29) is 23.1 Å². The summed E-state index contributed by atoms with van der Waals surface area (Å²) < 4.78 is 0.338. The van der Waals surface area contributed by atoms with E-state index in [0.717, 1.165) is 6.42 Å². The topological polar surface area (TPSA) is 94.8 Å². The maximum absolute atomic E-state index is 11.7. The van der Waals surface area contributed by atoms with Crippen molar-refractivity contribution in [3.05, 3.63) is 27.2 Å². The number of halogens is 1. The van der Waals surface area contributed by atoms with E-state index in [9.17, 15) is 24.9 Å². The number of aliphatic carboxylic acids is 1. The van der Waals surface area contributed by atoms with Crippen molar-refractivity contribution < 1.29 is 24.9 Å². The Hall–Kier alpha value is -1.56. The molecule has 3 atom stereocenters. The molecule has 0 amide bonds. The second kappa shape index (κ2) is 6.51. The second-order valence-electron chi connectivity index (χ2n) is 6.58. The third-order valence-corrected chi connectivity index (χ3v) is 5.90. The Morgan fingerprint density at radius 3 is 2.35 bits per heavy atom. The Bertz CT molecular complexity index is 653. The van der Waals surface area contributed by atoms with Gasteiger partial charge in [-0.05, 0) is 58.7 Å². The predicted molar refractivity (Wildman–Crippen MR) is 88.9 cm³/mol. The first-order chi connectivity index (χ1) is 10.7. The fourth-order valence-electron chi connectivity index (χ4n) is 3.79. The molecule has 0 bridgehead atoms. The lowest BCUT2D eigenvalue weighted by Gasteiger charge is -2.28. The minimum absolute atomic E-state index is 0.0779. The molecule has 0 aromatic heterocycles. The van der Waals surface area contributed by atoms with Crippen LogP contribution in [0.3, 0.4) is 0 Å². The van der Waals surface area contributed by atoms with Gasteiger partial charge >= 0.3 is 11.9 Å². The summed E-state index contributed by atoms with van der Waals surface area (Å²) in [6.07, 6.45) is 1.27. The summed E-state index contributed by atoms with van der Waals surface area (Å²) in [5.41, 5.74) is 0.937. The average molecular weight is 385 g/mol. The van der Waals surface area contributed by atoms with Crippen molar-refractivity contribution in [2.75, 3.05) is 0 Å². The quantitative estimate of drug-likeness (QED) is 0.728. The standard InChI is InChI=1S/C17H21BrO5/c1-7(2)9-4-5-10(16(20)21)12(9)11-6-8(3)14(18)15(19)13(11)17(22)23/h6-7,9-10,12,19H,4-5H2,1-3H3,(H,20,21)(H,22,23)/t9-,10-,12+/m1/s1. The summed E-state index contributed by atoms with van der Waals surface area (Å²) in [7, 11) is 0. The summed E-state index contributed by atoms with van der Waals surface area (Å²) in [6.45, 7) is 5.80. The van der Waals surface area contributed by atoms with Crippen molar-refractivity contribution >= 4 is 27.9 Å². The normalized spacial score (nSPS) is 24.1. The number of aromatic hydroxyl groups is 1. The molecule has 0 spiro atoms. The zero-order chi connectivity index (χ0) is 17.5. The fourth-order valence-corrected chi connectivity index (χ4v) is 4.10. The van der Waals surface area contributed by atoms with Gasteiger partial charge in [-0.25, -0.2) is 4.79 Å². The van der Waals surface area contributed by atoms with E-state index in [1.807, 2.05) is 13.8 Å². The van der Waals surface area contributed by atoms with Crippen LogP contribution < -0.4 is 0 Å². The van der Waals surface area contributed by atoms with Crippen molar-refractivity contribution in [3.63, 3.8) is 0 Å². The number of carboxylic acids is 2. The molecule has 0 heterocycles. The van der Waals surface area contributed by atoms with Crippen molar-refractivity contribution in [3.8, 4) is 5.75 Å². The maximum Gasteiger partial charge on any atom is 0.339 e. The molecule has 23 heavy (non-hydrogen) atoms. The summed E-state index contributed by atoms with van der Waals surface area (Å²) in [5, 5.41) is 29.4. The minimum Gasteiger partial charge on any atom is -0.506 e. The van der Waals surface area contributed by atoms with Crippen LogP contribution in [0, 0.1) is 24.7 Å². The van der Waals surface area contributed by atoms with Gasteiger partial charge < -0.3 is 15.3 Å². The van der Waals surface area contributed by atoms with Crippen LogP contribution in [-0.2, 0) is 4.79 Å². The molecule has 126 valence electrons. The molecular weight excluding hydrogens is 364 g/mol. The number of carbonyl (C=O) groups is 2. The Kier molecular flexibility index (Phi) is 5.04. The first kappa shape index (κ1) is 17.8. The highest BCUT2D eigenvalue weighted by Gasteiger charge is 2.44. The highest BCUT2D eigenvalue weighted by molar-refractivity contribution is 9.10. The molecule has 6 heteroatoms. The Morgan fingerprint density at radius 2 is 1.87 bits per heavy atom. The third-order valence-electron chi connectivity index (χ3n) is 4.90. The number of phenols is 1. The van der Waals surface area contributed by atoms with Crippen LogP contribution in [0.4, 0.5) is 0 Å². The van der Waals surface area contributed by atoms with E-state index in [1.165, 1.54) is 0 Å². The van der Waals surface area contributed by atoms with Gasteiger partial charge in [-0.3, -0.25) is 4.79 Å². The van der Waals surface area contributed by atoms with E-state index in [2.05, 4.69) is 15.9 Å². The highest BCUT2D eigenvalue weighted by atomic mass is 79.9. The average Bonchev–Trinajstić information content (AvgIpc) is 2.88. The summed E-state index contributed by atoms with van der Waals surface area (Å²) in [4.78, 5) is 23.3. The predicted octanol–water partition coefficient (Wildman–Crippen LogP) is 4.01. The number of aromatic carboxylic acids is 1. The number of hydrogen-bond acceptors (Lipinski definition) is 3. The third kappa shape index (κ3) is 3.09. The van der Waals surface area contributed by atoms with E-state index in [1.54, 1.807) is 13.0 Å². The maximum atomic E-state index is 11.7. The molecule has 1 aliphatic rings. The smallest absolute Gasteiger partial charge is 0.339 e. The summed E-state index contributed by atoms with van der Waals surface area (Å²) >= 11 is 3.20.